The first-order valence-electron chi connectivity index (χ1n) is 12.0. The molecule has 182 valence electrons. The summed E-state index contributed by atoms with van der Waals surface area (Å²) in [5.74, 6) is -2.77. The van der Waals surface area contributed by atoms with E-state index in [9.17, 15) is 19.5 Å². The van der Waals surface area contributed by atoms with Crippen molar-refractivity contribution in [2.24, 2.45) is 23.7 Å². The lowest BCUT2D eigenvalue weighted by Crippen LogP contribution is -2.37. The predicted octanol–water partition coefficient (Wildman–Crippen LogP) is 5.88. The highest BCUT2D eigenvalue weighted by molar-refractivity contribution is 7.17. The third kappa shape index (κ3) is 4.38. The number of rotatable bonds is 6. The number of carbonyl (C=O) groups excluding carboxylic acids is 2. The second-order valence-electron chi connectivity index (χ2n) is 10.5. The molecule has 0 spiro atoms. The standard InChI is InChI=1S/C27H33NO5S/c1-6-33-26(32)22-19(15-9-11-18(12-10-15)27(3,4)5)14(2)34-24(22)28-23(29)20-16-7-8-17(13-16)21(20)25(30)31/h9-12,16-17,20-21H,6-8,13H2,1-5H3,(H,28,29)(H,30,31)/t16-,17-,20+,21-/m0/s1. The Morgan fingerprint density at radius 1 is 1.09 bits per heavy atom. The number of carboxylic acid groups (broad SMARTS) is 1. The largest absolute Gasteiger partial charge is 0.481 e. The second kappa shape index (κ2) is 9.17. The smallest absolute Gasteiger partial charge is 0.341 e. The lowest BCUT2D eigenvalue weighted by atomic mass is 9.78. The maximum Gasteiger partial charge on any atom is 0.341 e. The quantitative estimate of drug-likeness (QED) is 0.500. The number of carbonyl (C=O) groups is 3. The molecule has 4 atom stereocenters. The number of hydrogen-bond acceptors (Lipinski definition) is 5. The van der Waals surface area contributed by atoms with Crippen molar-refractivity contribution in [2.45, 2.75) is 59.3 Å². The Morgan fingerprint density at radius 3 is 2.26 bits per heavy atom. The molecule has 7 heteroatoms. The number of aliphatic carboxylic acids is 1. The van der Waals surface area contributed by atoms with E-state index in [1.807, 2.05) is 19.1 Å². The van der Waals surface area contributed by atoms with Gasteiger partial charge in [-0.05, 0) is 61.5 Å². The molecular weight excluding hydrogens is 450 g/mol. The molecule has 0 aliphatic heterocycles. The third-order valence-electron chi connectivity index (χ3n) is 7.34. The van der Waals surface area contributed by atoms with Gasteiger partial charge in [0.15, 0.2) is 0 Å². The fourth-order valence-electron chi connectivity index (χ4n) is 5.73. The number of nitrogens with one attached hydrogen (secondary N) is 1. The van der Waals surface area contributed by atoms with Gasteiger partial charge in [0, 0.05) is 10.4 Å². The molecular formula is C27H33NO5S. The minimum atomic E-state index is -0.903. The summed E-state index contributed by atoms with van der Waals surface area (Å²) in [5, 5.41) is 13.1. The van der Waals surface area contributed by atoms with Crippen LogP contribution in [0, 0.1) is 30.6 Å². The van der Waals surface area contributed by atoms with E-state index in [4.69, 9.17) is 4.74 Å². The Hall–Kier alpha value is -2.67. The average molecular weight is 484 g/mol. The normalized spacial score (nSPS) is 23.7. The molecule has 6 nitrogen and oxygen atoms in total. The van der Waals surface area contributed by atoms with E-state index in [0.717, 1.165) is 35.3 Å². The molecule has 1 aromatic carbocycles. The average Bonchev–Trinajstić information content (AvgIpc) is 3.46. The lowest BCUT2D eigenvalue weighted by Gasteiger charge is -2.27. The van der Waals surface area contributed by atoms with Crippen molar-refractivity contribution in [2.75, 3.05) is 11.9 Å². The monoisotopic (exact) mass is 483 g/mol. The van der Waals surface area contributed by atoms with Crippen molar-refractivity contribution in [1.82, 2.24) is 0 Å². The molecule has 0 unspecified atom stereocenters. The highest BCUT2D eigenvalue weighted by atomic mass is 32.1. The Labute approximate surface area is 204 Å². The van der Waals surface area contributed by atoms with Crippen molar-refractivity contribution in [3.05, 3.63) is 40.3 Å². The van der Waals surface area contributed by atoms with Gasteiger partial charge in [-0.15, -0.1) is 11.3 Å². The molecule has 4 rings (SSSR count). The van der Waals surface area contributed by atoms with Crippen molar-refractivity contribution in [1.29, 1.82) is 0 Å². The van der Waals surface area contributed by atoms with Crippen molar-refractivity contribution in [3.8, 4) is 11.1 Å². The summed E-state index contributed by atoms with van der Waals surface area (Å²) in [6, 6.07) is 8.12. The topological polar surface area (TPSA) is 92.7 Å². The van der Waals surface area contributed by atoms with Gasteiger partial charge < -0.3 is 15.2 Å². The Balaban J connectivity index is 1.70. The molecule has 2 fully saturated rings. The van der Waals surface area contributed by atoms with Gasteiger partial charge in [0.25, 0.3) is 0 Å². The van der Waals surface area contributed by atoms with Crippen LogP contribution >= 0.6 is 11.3 Å². The van der Waals surface area contributed by atoms with Crippen LogP contribution in [0.15, 0.2) is 24.3 Å². The van der Waals surface area contributed by atoms with Gasteiger partial charge in [0.2, 0.25) is 5.91 Å². The number of esters is 1. The zero-order valence-corrected chi connectivity index (χ0v) is 21.3. The first-order chi connectivity index (χ1) is 16.0. The number of fused-ring (bicyclic) bond motifs is 2. The van der Waals surface area contributed by atoms with Crippen molar-refractivity contribution < 1.29 is 24.2 Å². The van der Waals surface area contributed by atoms with E-state index >= 15 is 0 Å². The SMILES string of the molecule is CCOC(=O)c1c(NC(=O)[C@@H]2[C@H]3CC[C@@H](C3)[C@@H]2C(=O)O)sc(C)c1-c1ccc(C(C)(C)C)cc1. The van der Waals surface area contributed by atoms with Gasteiger partial charge in [-0.2, -0.15) is 0 Å². The second-order valence-corrected chi connectivity index (χ2v) is 11.7. The fraction of sp³-hybridized carbons (Fsp3) is 0.519. The molecule has 2 bridgehead atoms. The number of benzene rings is 1. The Morgan fingerprint density at radius 2 is 1.71 bits per heavy atom. The molecule has 2 aromatic rings. The molecule has 2 saturated carbocycles. The molecule has 1 amide bonds. The Kier molecular flexibility index (Phi) is 6.60. The van der Waals surface area contributed by atoms with Crippen LogP contribution in [-0.2, 0) is 19.7 Å². The number of amides is 1. The molecule has 0 radical (unpaired) electrons. The van der Waals surface area contributed by atoms with Crippen LogP contribution in [-0.4, -0.2) is 29.6 Å². The van der Waals surface area contributed by atoms with Crippen LogP contribution in [0.2, 0.25) is 0 Å². The lowest BCUT2D eigenvalue weighted by molar-refractivity contribution is -0.148. The van der Waals surface area contributed by atoms with Gasteiger partial charge in [-0.25, -0.2) is 4.79 Å². The number of ether oxygens (including phenoxy) is 1. The third-order valence-corrected chi connectivity index (χ3v) is 8.37. The van der Waals surface area contributed by atoms with Crippen LogP contribution in [0.1, 0.15) is 67.8 Å². The first-order valence-corrected chi connectivity index (χ1v) is 12.8. The van der Waals surface area contributed by atoms with Crippen LogP contribution < -0.4 is 5.32 Å². The highest BCUT2D eigenvalue weighted by Gasteiger charge is 2.54. The summed E-state index contributed by atoms with van der Waals surface area (Å²) >= 11 is 1.34. The zero-order valence-electron chi connectivity index (χ0n) is 20.4. The van der Waals surface area contributed by atoms with Crippen molar-refractivity contribution in [3.63, 3.8) is 0 Å². The van der Waals surface area contributed by atoms with E-state index in [1.54, 1.807) is 6.92 Å². The van der Waals surface area contributed by atoms with Gasteiger partial charge >= 0.3 is 11.9 Å². The molecule has 1 aromatic heterocycles. The Bertz CT molecular complexity index is 1110. The fourth-order valence-corrected chi connectivity index (χ4v) is 6.80. The number of anilines is 1. The summed E-state index contributed by atoms with van der Waals surface area (Å²) in [6.07, 6.45) is 2.53. The van der Waals surface area contributed by atoms with E-state index in [1.165, 1.54) is 16.9 Å². The maximum atomic E-state index is 13.3. The van der Waals surface area contributed by atoms with E-state index < -0.39 is 23.8 Å². The van der Waals surface area contributed by atoms with E-state index in [2.05, 4.69) is 38.2 Å². The van der Waals surface area contributed by atoms with Crippen molar-refractivity contribution >= 4 is 34.2 Å². The van der Waals surface area contributed by atoms with Gasteiger partial charge in [-0.3, -0.25) is 9.59 Å². The van der Waals surface area contributed by atoms with Crippen LogP contribution in [0.4, 0.5) is 5.00 Å². The number of thiophene rings is 1. The van der Waals surface area contributed by atoms with Gasteiger partial charge in [-0.1, -0.05) is 45.0 Å². The summed E-state index contributed by atoms with van der Waals surface area (Å²) in [6.45, 7) is 10.3. The van der Waals surface area contributed by atoms with Crippen LogP contribution in [0.5, 0.6) is 0 Å². The minimum Gasteiger partial charge on any atom is -0.481 e. The highest BCUT2D eigenvalue weighted by Crippen LogP contribution is 2.53. The predicted molar refractivity (Wildman–Crippen MR) is 133 cm³/mol. The van der Waals surface area contributed by atoms with Gasteiger partial charge in [0.1, 0.15) is 10.6 Å². The first kappa shape index (κ1) is 24.5. The molecule has 1 heterocycles. The minimum absolute atomic E-state index is 0.00662. The summed E-state index contributed by atoms with van der Waals surface area (Å²) in [4.78, 5) is 39.2. The van der Waals surface area contributed by atoms with Crippen LogP contribution in [0.25, 0.3) is 11.1 Å². The van der Waals surface area contributed by atoms with Crippen LogP contribution in [0.3, 0.4) is 0 Å². The number of carboxylic acids is 1. The van der Waals surface area contributed by atoms with E-state index in [-0.39, 0.29) is 29.8 Å². The summed E-state index contributed by atoms with van der Waals surface area (Å²) < 4.78 is 5.36. The number of hydrogen-bond donors (Lipinski definition) is 2. The molecule has 34 heavy (non-hydrogen) atoms. The summed E-state index contributed by atoms with van der Waals surface area (Å²) in [7, 11) is 0. The molecule has 2 aliphatic rings. The summed E-state index contributed by atoms with van der Waals surface area (Å²) in [5.41, 5.74) is 3.17. The molecule has 2 N–H and O–H groups in total. The maximum absolute atomic E-state index is 13.3. The van der Waals surface area contributed by atoms with E-state index in [0.29, 0.717) is 10.6 Å². The molecule has 0 saturated heterocycles. The zero-order chi connectivity index (χ0) is 24.8. The molecule has 2 aliphatic carbocycles. The number of aryl methyl sites for hydroxylation is 1. The van der Waals surface area contributed by atoms with Gasteiger partial charge in [0.05, 0.1) is 18.4 Å².